The van der Waals surface area contributed by atoms with Gasteiger partial charge in [0, 0.05) is 17.0 Å². The van der Waals surface area contributed by atoms with E-state index in [2.05, 4.69) is 25.3 Å². The molecule has 0 spiro atoms. The predicted molar refractivity (Wildman–Crippen MR) is 145 cm³/mol. The summed E-state index contributed by atoms with van der Waals surface area (Å²) in [6.07, 6.45) is 10.5. The summed E-state index contributed by atoms with van der Waals surface area (Å²) >= 11 is 6.74. The summed E-state index contributed by atoms with van der Waals surface area (Å²) in [6.45, 7) is 2.79. The van der Waals surface area contributed by atoms with Crippen LogP contribution in [-0.2, 0) is 0 Å². The van der Waals surface area contributed by atoms with Crippen molar-refractivity contribution in [1.82, 2.24) is 25.3 Å². The molecule has 1 saturated heterocycles. The van der Waals surface area contributed by atoms with Crippen molar-refractivity contribution in [2.75, 3.05) is 6.54 Å². The summed E-state index contributed by atoms with van der Waals surface area (Å²) in [5, 5.41) is 16.1. The van der Waals surface area contributed by atoms with E-state index in [4.69, 9.17) is 11.6 Å². The van der Waals surface area contributed by atoms with Gasteiger partial charge in [0.25, 0.3) is 5.69 Å². The third-order valence-electron chi connectivity index (χ3n) is 7.79. The van der Waals surface area contributed by atoms with Gasteiger partial charge in [-0.1, -0.05) is 48.7 Å². The van der Waals surface area contributed by atoms with Gasteiger partial charge in [-0.2, -0.15) is 0 Å². The molecule has 8 nitrogen and oxygen atoms in total. The van der Waals surface area contributed by atoms with Crippen LogP contribution in [0.2, 0.25) is 5.02 Å². The first-order valence-corrected chi connectivity index (χ1v) is 13.3. The SMILES string of the molecule is Cc1c(-c2cnc(C3CCCC3)[nH]2)cc(Cl)c(-c2ccc(-c3cnc([C@@H]4CCCN4)[nH]3)cc2)c1[N+](=O)[O-]. The lowest BCUT2D eigenvalue weighted by molar-refractivity contribution is -0.384. The van der Waals surface area contributed by atoms with E-state index in [1.54, 1.807) is 13.1 Å². The molecule has 1 atom stereocenters. The Balaban J connectivity index is 1.34. The number of nitrogens with one attached hydrogen (secondary N) is 3. The highest BCUT2D eigenvalue weighted by molar-refractivity contribution is 6.34. The minimum atomic E-state index is -0.335. The van der Waals surface area contributed by atoms with Gasteiger partial charge in [-0.3, -0.25) is 10.1 Å². The largest absolute Gasteiger partial charge is 0.342 e. The second-order valence-corrected chi connectivity index (χ2v) is 10.5. The van der Waals surface area contributed by atoms with Crippen LogP contribution in [0.4, 0.5) is 5.69 Å². The molecular formula is C28H29ClN6O2. The van der Waals surface area contributed by atoms with Crippen LogP contribution < -0.4 is 5.32 Å². The van der Waals surface area contributed by atoms with E-state index in [0.717, 1.165) is 60.8 Å². The Kier molecular flexibility index (Phi) is 6.30. The smallest absolute Gasteiger partial charge is 0.282 e. The Morgan fingerprint density at radius 1 is 0.946 bits per heavy atom. The standard InChI is InChI=1S/C28H29ClN6O2/c1-16-20(24-15-31-27(34-24)19-5-2-3-6-19)13-21(29)25(26(16)35(36)37)18-10-8-17(9-11-18)23-14-32-28(33-23)22-7-4-12-30-22/h8-11,13-15,19,22,30H,2-7,12H2,1H3,(H,31,34)(H,32,33)/t22-/m0/s1. The van der Waals surface area contributed by atoms with E-state index < -0.39 is 0 Å². The molecule has 1 saturated carbocycles. The molecule has 2 fully saturated rings. The number of aromatic nitrogens is 4. The van der Waals surface area contributed by atoms with Gasteiger partial charge in [-0.05, 0) is 56.3 Å². The lowest BCUT2D eigenvalue weighted by atomic mass is 9.95. The van der Waals surface area contributed by atoms with Crippen LogP contribution in [0.25, 0.3) is 33.6 Å². The van der Waals surface area contributed by atoms with E-state index in [-0.39, 0.29) is 16.7 Å². The highest BCUT2D eigenvalue weighted by Crippen LogP contribution is 2.44. The Morgan fingerprint density at radius 3 is 2.32 bits per heavy atom. The van der Waals surface area contributed by atoms with Crippen LogP contribution in [0.1, 0.15) is 67.7 Å². The summed E-state index contributed by atoms with van der Waals surface area (Å²) in [4.78, 5) is 27.9. The molecule has 6 rings (SSSR count). The van der Waals surface area contributed by atoms with Gasteiger partial charge in [0.2, 0.25) is 0 Å². The molecule has 3 N–H and O–H groups in total. The van der Waals surface area contributed by atoms with Crippen molar-refractivity contribution in [2.45, 2.75) is 57.4 Å². The van der Waals surface area contributed by atoms with Crippen molar-refractivity contribution in [3.63, 3.8) is 0 Å². The van der Waals surface area contributed by atoms with Crippen molar-refractivity contribution in [1.29, 1.82) is 0 Å². The molecule has 0 bridgehead atoms. The van der Waals surface area contributed by atoms with Gasteiger partial charge in [-0.15, -0.1) is 0 Å². The molecule has 37 heavy (non-hydrogen) atoms. The Hall–Kier alpha value is -3.49. The normalized spacial score (nSPS) is 18.1. The molecule has 9 heteroatoms. The van der Waals surface area contributed by atoms with E-state index in [0.29, 0.717) is 33.2 Å². The van der Waals surface area contributed by atoms with Gasteiger partial charge in [0.15, 0.2) is 0 Å². The molecule has 190 valence electrons. The van der Waals surface area contributed by atoms with E-state index in [1.165, 1.54) is 12.8 Å². The second kappa shape index (κ2) is 9.76. The lowest BCUT2D eigenvalue weighted by Crippen LogP contribution is -2.14. The maximum atomic E-state index is 12.3. The molecule has 1 aliphatic carbocycles. The number of nitrogens with zero attached hydrogens (tertiary/aromatic N) is 3. The first-order valence-electron chi connectivity index (χ1n) is 12.9. The van der Waals surface area contributed by atoms with Crippen molar-refractivity contribution in [3.8, 4) is 33.6 Å². The fourth-order valence-electron chi connectivity index (χ4n) is 5.79. The monoisotopic (exact) mass is 516 g/mol. The zero-order valence-corrected chi connectivity index (χ0v) is 21.4. The number of hydrogen-bond acceptors (Lipinski definition) is 5. The van der Waals surface area contributed by atoms with Gasteiger partial charge >= 0.3 is 0 Å². The number of halogens is 1. The summed E-state index contributed by atoms with van der Waals surface area (Å²) in [7, 11) is 0. The highest BCUT2D eigenvalue weighted by atomic mass is 35.5. The average molecular weight is 517 g/mol. The quantitative estimate of drug-likeness (QED) is 0.187. The third kappa shape index (κ3) is 4.45. The van der Waals surface area contributed by atoms with Crippen molar-refractivity contribution in [2.24, 2.45) is 0 Å². The Morgan fingerprint density at radius 2 is 1.62 bits per heavy atom. The summed E-state index contributed by atoms with van der Waals surface area (Å²) in [5.74, 6) is 2.32. The fraction of sp³-hybridized carbons (Fsp3) is 0.357. The average Bonchev–Trinajstić information content (AvgIpc) is 3.70. The van der Waals surface area contributed by atoms with Gasteiger partial charge < -0.3 is 15.3 Å². The number of hydrogen-bond donors (Lipinski definition) is 3. The second-order valence-electron chi connectivity index (χ2n) is 10.1. The Labute approximate surface area is 220 Å². The van der Waals surface area contributed by atoms with Crippen molar-refractivity contribution in [3.05, 3.63) is 75.1 Å². The maximum absolute atomic E-state index is 12.3. The molecular weight excluding hydrogens is 488 g/mol. The van der Waals surface area contributed by atoms with E-state index in [9.17, 15) is 10.1 Å². The van der Waals surface area contributed by atoms with Gasteiger partial charge in [0.05, 0.1) is 45.3 Å². The zero-order chi connectivity index (χ0) is 25.5. The zero-order valence-electron chi connectivity index (χ0n) is 20.7. The molecule has 2 aromatic heterocycles. The molecule has 2 aliphatic rings. The van der Waals surface area contributed by atoms with Crippen LogP contribution in [0.3, 0.4) is 0 Å². The minimum absolute atomic E-state index is 0.0170. The maximum Gasteiger partial charge on any atom is 0.282 e. The number of H-pyrrole nitrogens is 2. The molecule has 4 aromatic rings. The third-order valence-corrected chi connectivity index (χ3v) is 8.08. The number of rotatable bonds is 6. The van der Waals surface area contributed by atoms with Crippen molar-refractivity contribution < 1.29 is 4.92 Å². The lowest BCUT2D eigenvalue weighted by Gasteiger charge is -2.13. The molecule has 0 radical (unpaired) electrons. The van der Waals surface area contributed by atoms with Crippen LogP contribution in [0.5, 0.6) is 0 Å². The van der Waals surface area contributed by atoms with E-state index in [1.807, 2.05) is 36.5 Å². The predicted octanol–water partition coefficient (Wildman–Crippen LogP) is 7.09. The molecule has 3 heterocycles. The Bertz CT molecular complexity index is 1450. The highest BCUT2D eigenvalue weighted by Gasteiger charge is 2.27. The first kappa shape index (κ1) is 23.9. The van der Waals surface area contributed by atoms with Gasteiger partial charge in [-0.25, -0.2) is 9.97 Å². The summed E-state index contributed by atoms with van der Waals surface area (Å²) in [5.41, 5.74) is 5.06. The minimum Gasteiger partial charge on any atom is -0.342 e. The number of imidazole rings is 2. The first-order chi connectivity index (χ1) is 18.0. The number of aromatic amines is 2. The fourth-order valence-corrected chi connectivity index (χ4v) is 6.10. The van der Waals surface area contributed by atoms with Crippen LogP contribution in [0.15, 0.2) is 42.7 Å². The van der Waals surface area contributed by atoms with E-state index >= 15 is 0 Å². The number of nitro groups is 1. The topological polar surface area (TPSA) is 113 Å². The number of benzene rings is 2. The van der Waals surface area contributed by atoms with Crippen molar-refractivity contribution >= 4 is 17.3 Å². The van der Waals surface area contributed by atoms with Gasteiger partial charge in [0.1, 0.15) is 11.6 Å². The van der Waals surface area contributed by atoms with Crippen LogP contribution >= 0.6 is 11.6 Å². The summed E-state index contributed by atoms with van der Waals surface area (Å²) in [6, 6.07) is 9.73. The van der Waals surface area contributed by atoms with Crippen LogP contribution in [0, 0.1) is 17.0 Å². The molecule has 0 unspecified atom stereocenters. The molecule has 1 aliphatic heterocycles. The summed E-state index contributed by atoms with van der Waals surface area (Å²) < 4.78 is 0. The number of nitro benzene ring substituents is 1. The van der Waals surface area contributed by atoms with Crippen LogP contribution in [-0.4, -0.2) is 31.4 Å². The molecule has 0 amide bonds. The molecule has 2 aromatic carbocycles.